The van der Waals surface area contributed by atoms with E-state index in [1.54, 1.807) is 0 Å². The minimum absolute atomic E-state index is 0.745. The molecule has 2 heteroatoms. The fourth-order valence-electron chi connectivity index (χ4n) is 3.44. The lowest BCUT2D eigenvalue weighted by Gasteiger charge is -2.26. The van der Waals surface area contributed by atoms with Crippen molar-refractivity contribution in [3.8, 4) is 0 Å². The minimum atomic E-state index is 0.745. The molecule has 0 aliphatic heterocycles. The summed E-state index contributed by atoms with van der Waals surface area (Å²) in [6.45, 7) is 7.88. The zero-order valence-electron chi connectivity index (χ0n) is 13.4. The Hall–Kier alpha value is -0.860. The first kappa shape index (κ1) is 15.5. The summed E-state index contributed by atoms with van der Waals surface area (Å²) in [5, 5.41) is 3.73. The van der Waals surface area contributed by atoms with Crippen molar-refractivity contribution in [2.24, 2.45) is 5.92 Å². The molecule has 2 rings (SSSR count). The van der Waals surface area contributed by atoms with Gasteiger partial charge in [0.15, 0.2) is 0 Å². The maximum absolute atomic E-state index is 3.73. The smallest absolute Gasteiger partial charge is 0.0230 e. The molecule has 1 fully saturated rings. The number of nitrogens with one attached hydrogen (secondary N) is 1. The van der Waals surface area contributed by atoms with Crippen LogP contribution in [0.2, 0.25) is 0 Å². The molecule has 0 amide bonds. The topological polar surface area (TPSA) is 15.3 Å². The van der Waals surface area contributed by atoms with Crippen molar-refractivity contribution in [1.29, 1.82) is 0 Å². The second-order valence-electron chi connectivity index (χ2n) is 6.44. The summed E-state index contributed by atoms with van der Waals surface area (Å²) < 4.78 is 0. The SMILES string of the molecule is CCCNC1CCCC1CN(C)Cc1cccc(C)c1. The van der Waals surface area contributed by atoms with Crippen molar-refractivity contribution in [1.82, 2.24) is 10.2 Å². The number of rotatable bonds is 7. The molecule has 1 aromatic rings. The predicted molar refractivity (Wildman–Crippen MR) is 86.9 cm³/mol. The summed E-state index contributed by atoms with van der Waals surface area (Å²) in [6.07, 6.45) is 5.38. The van der Waals surface area contributed by atoms with Gasteiger partial charge in [-0.15, -0.1) is 0 Å². The highest BCUT2D eigenvalue weighted by Crippen LogP contribution is 2.26. The largest absolute Gasteiger partial charge is 0.314 e. The van der Waals surface area contributed by atoms with E-state index in [9.17, 15) is 0 Å². The van der Waals surface area contributed by atoms with Gasteiger partial charge in [-0.05, 0) is 51.3 Å². The number of benzene rings is 1. The van der Waals surface area contributed by atoms with Gasteiger partial charge in [-0.2, -0.15) is 0 Å². The number of hydrogen-bond donors (Lipinski definition) is 1. The van der Waals surface area contributed by atoms with Crippen LogP contribution in [0.3, 0.4) is 0 Å². The van der Waals surface area contributed by atoms with Gasteiger partial charge in [0.25, 0.3) is 0 Å². The molecule has 0 bridgehead atoms. The molecule has 1 saturated carbocycles. The molecule has 20 heavy (non-hydrogen) atoms. The fourth-order valence-corrected chi connectivity index (χ4v) is 3.44. The summed E-state index contributed by atoms with van der Waals surface area (Å²) in [5.41, 5.74) is 2.79. The lowest BCUT2D eigenvalue weighted by Crippen LogP contribution is -2.38. The van der Waals surface area contributed by atoms with Crippen LogP contribution in [0.5, 0.6) is 0 Å². The van der Waals surface area contributed by atoms with Crippen LogP contribution in [0.1, 0.15) is 43.7 Å². The zero-order chi connectivity index (χ0) is 14.4. The minimum Gasteiger partial charge on any atom is -0.314 e. The van der Waals surface area contributed by atoms with Crippen molar-refractivity contribution in [2.45, 2.75) is 52.1 Å². The molecule has 0 aromatic heterocycles. The van der Waals surface area contributed by atoms with Crippen LogP contribution in [-0.2, 0) is 6.54 Å². The maximum Gasteiger partial charge on any atom is 0.0230 e. The average molecular weight is 274 g/mol. The van der Waals surface area contributed by atoms with E-state index in [1.807, 2.05) is 0 Å². The van der Waals surface area contributed by atoms with Crippen molar-refractivity contribution in [2.75, 3.05) is 20.1 Å². The Morgan fingerprint density at radius 1 is 1.30 bits per heavy atom. The number of hydrogen-bond acceptors (Lipinski definition) is 2. The second-order valence-corrected chi connectivity index (χ2v) is 6.44. The molecule has 0 radical (unpaired) electrons. The van der Waals surface area contributed by atoms with Crippen LogP contribution in [0.15, 0.2) is 24.3 Å². The standard InChI is InChI=1S/C18H30N2/c1-4-11-19-18-10-6-9-17(18)14-20(3)13-16-8-5-7-15(2)12-16/h5,7-8,12,17-19H,4,6,9-11,13-14H2,1-3H3. The van der Waals surface area contributed by atoms with E-state index in [0.717, 1.165) is 18.5 Å². The third-order valence-electron chi connectivity index (χ3n) is 4.40. The van der Waals surface area contributed by atoms with Crippen LogP contribution in [0.25, 0.3) is 0 Å². The average Bonchev–Trinajstić information content (AvgIpc) is 2.83. The Bertz CT molecular complexity index is 402. The third kappa shape index (κ3) is 4.60. The molecule has 0 spiro atoms. The Labute approximate surface area is 124 Å². The first-order valence-electron chi connectivity index (χ1n) is 8.16. The van der Waals surface area contributed by atoms with Gasteiger partial charge in [0, 0.05) is 19.1 Å². The van der Waals surface area contributed by atoms with Crippen LogP contribution in [0, 0.1) is 12.8 Å². The molecule has 112 valence electrons. The van der Waals surface area contributed by atoms with Gasteiger partial charge in [0.1, 0.15) is 0 Å². The van der Waals surface area contributed by atoms with Crippen LogP contribution in [0.4, 0.5) is 0 Å². The van der Waals surface area contributed by atoms with Gasteiger partial charge < -0.3 is 10.2 Å². The summed E-state index contributed by atoms with van der Waals surface area (Å²) in [6, 6.07) is 9.63. The van der Waals surface area contributed by atoms with E-state index in [1.165, 1.54) is 49.9 Å². The molecule has 1 aliphatic carbocycles. The molecule has 1 aliphatic rings. The molecule has 1 aromatic carbocycles. The lowest BCUT2D eigenvalue weighted by atomic mass is 10.0. The quantitative estimate of drug-likeness (QED) is 0.817. The van der Waals surface area contributed by atoms with Crippen molar-refractivity contribution in [3.63, 3.8) is 0 Å². The van der Waals surface area contributed by atoms with E-state index >= 15 is 0 Å². The summed E-state index contributed by atoms with van der Waals surface area (Å²) in [5.74, 6) is 0.830. The molecule has 2 unspecified atom stereocenters. The van der Waals surface area contributed by atoms with Gasteiger partial charge >= 0.3 is 0 Å². The van der Waals surface area contributed by atoms with Gasteiger partial charge in [-0.1, -0.05) is 43.2 Å². The van der Waals surface area contributed by atoms with E-state index in [0.29, 0.717) is 0 Å². The first-order chi connectivity index (χ1) is 9.69. The van der Waals surface area contributed by atoms with Gasteiger partial charge in [-0.3, -0.25) is 0 Å². The van der Waals surface area contributed by atoms with E-state index < -0.39 is 0 Å². The van der Waals surface area contributed by atoms with Crippen molar-refractivity contribution in [3.05, 3.63) is 35.4 Å². The third-order valence-corrected chi connectivity index (χ3v) is 4.40. The molecule has 2 nitrogen and oxygen atoms in total. The van der Waals surface area contributed by atoms with Gasteiger partial charge in [-0.25, -0.2) is 0 Å². The van der Waals surface area contributed by atoms with Crippen LogP contribution < -0.4 is 5.32 Å². The Morgan fingerprint density at radius 2 is 2.15 bits per heavy atom. The first-order valence-corrected chi connectivity index (χ1v) is 8.16. The molecular weight excluding hydrogens is 244 g/mol. The predicted octanol–water partition coefficient (Wildman–Crippen LogP) is 3.60. The summed E-state index contributed by atoms with van der Waals surface area (Å²) in [4.78, 5) is 2.49. The summed E-state index contributed by atoms with van der Waals surface area (Å²) in [7, 11) is 2.26. The summed E-state index contributed by atoms with van der Waals surface area (Å²) >= 11 is 0. The van der Waals surface area contributed by atoms with Crippen molar-refractivity contribution < 1.29 is 0 Å². The maximum atomic E-state index is 3.73. The molecular formula is C18H30N2. The highest BCUT2D eigenvalue weighted by Gasteiger charge is 2.27. The molecule has 2 atom stereocenters. The van der Waals surface area contributed by atoms with Gasteiger partial charge in [0.2, 0.25) is 0 Å². The Kier molecular flexibility index (Phi) is 6.06. The second kappa shape index (κ2) is 7.80. The van der Waals surface area contributed by atoms with Crippen LogP contribution >= 0.6 is 0 Å². The monoisotopic (exact) mass is 274 g/mol. The molecule has 1 N–H and O–H groups in total. The fraction of sp³-hybridized carbons (Fsp3) is 0.667. The Balaban J connectivity index is 1.82. The number of nitrogens with zero attached hydrogens (tertiary/aromatic N) is 1. The Morgan fingerprint density at radius 3 is 2.90 bits per heavy atom. The highest BCUT2D eigenvalue weighted by atomic mass is 15.1. The normalized spacial score (nSPS) is 22.6. The van der Waals surface area contributed by atoms with Gasteiger partial charge in [0.05, 0.1) is 0 Å². The van der Waals surface area contributed by atoms with E-state index in [4.69, 9.17) is 0 Å². The zero-order valence-corrected chi connectivity index (χ0v) is 13.4. The van der Waals surface area contributed by atoms with E-state index in [2.05, 4.69) is 55.4 Å². The highest BCUT2D eigenvalue weighted by molar-refractivity contribution is 5.22. The van der Waals surface area contributed by atoms with E-state index in [-0.39, 0.29) is 0 Å². The number of aryl methyl sites for hydroxylation is 1. The molecule has 0 saturated heterocycles. The van der Waals surface area contributed by atoms with Crippen molar-refractivity contribution >= 4 is 0 Å². The lowest BCUT2D eigenvalue weighted by molar-refractivity contribution is 0.245. The van der Waals surface area contributed by atoms with Crippen LogP contribution in [-0.4, -0.2) is 31.1 Å². The molecule has 0 heterocycles.